The van der Waals surface area contributed by atoms with Gasteiger partial charge in [0.15, 0.2) is 0 Å². The Morgan fingerprint density at radius 2 is 1.86 bits per heavy atom. The molecule has 0 spiro atoms. The maximum atomic E-state index is 6.37. The third kappa shape index (κ3) is 3.16. The first-order valence-corrected chi connectivity index (χ1v) is 10.4. The first kappa shape index (κ1) is 18.5. The minimum atomic E-state index is 0.0919. The number of nitrogens with zero attached hydrogens (tertiary/aromatic N) is 5. The number of anilines is 1. The lowest BCUT2D eigenvalue weighted by molar-refractivity contribution is 0.513. The molecule has 5 rings (SSSR count). The van der Waals surface area contributed by atoms with Crippen molar-refractivity contribution >= 4 is 39.9 Å². The Morgan fingerprint density at radius 1 is 1.07 bits per heavy atom. The number of benzene rings is 2. The molecule has 2 atom stereocenters. The Bertz CT molecular complexity index is 1140. The number of H-pyrrole nitrogens is 1. The van der Waals surface area contributed by atoms with Gasteiger partial charge in [-0.2, -0.15) is 10.2 Å². The fourth-order valence-corrected chi connectivity index (χ4v) is 4.49. The van der Waals surface area contributed by atoms with Crippen LogP contribution in [0.5, 0.6) is 0 Å². The third-order valence-corrected chi connectivity index (χ3v) is 6.28. The normalized spacial score (nSPS) is 19.4. The van der Waals surface area contributed by atoms with Crippen molar-refractivity contribution < 1.29 is 0 Å². The molecule has 148 valence electrons. The van der Waals surface area contributed by atoms with Gasteiger partial charge in [-0.3, -0.25) is 0 Å². The van der Waals surface area contributed by atoms with E-state index < -0.39 is 0 Å². The van der Waals surface area contributed by atoms with Crippen LogP contribution in [0.2, 0.25) is 10.0 Å². The number of imidazole rings is 1. The zero-order chi connectivity index (χ0) is 20.1. The molecular weight excluding hydrogens is 407 g/mol. The Balaban J connectivity index is 1.62. The molecule has 0 saturated carbocycles. The predicted molar refractivity (Wildman–Crippen MR) is 116 cm³/mol. The number of aryl methyl sites for hydroxylation is 1. The molecule has 2 aromatic carbocycles. The number of hydrogen-bond donors (Lipinski definition) is 1. The summed E-state index contributed by atoms with van der Waals surface area (Å²) >= 11 is 12.7. The van der Waals surface area contributed by atoms with E-state index in [2.05, 4.69) is 33.1 Å². The highest BCUT2D eigenvalue weighted by atomic mass is 35.5. The van der Waals surface area contributed by atoms with Crippen LogP contribution in [0.15, 0.2) is 42.7 Å². The van der Waals surface area contributed by atoms with E-state index in [0.29, 0.717) is 10.9 Å². The summed E-state index contributed by atoms with van der Waals surface area (Å²) in [6.07, 6.45) is 4.40. The molecule has 1 fully saturated rings. The summed E-state index contributed by atoms with van der Waals surface area (Å²) in [4.78, 5) is 12.4. The highest BCUT2D eigenvalue weighted by Crippen LogP contribution is 2.42. The minimum Gasteiger partial charge on any atom is -0.359 e. The second-order valence-electron chi connectivity index (χ2n) is 7.60. The molecule has 1 aliphatic heterocycles. The van der Waals surface area contributed by atoms with E-state index >= 15 is 0 Å². The molecule has 2 aromatic heterocycles. The van der Waals surface area contributed by atoms with Gasteiger partial charge in [0.05, 0.1) is 35.2 Å². The quantitative estimate of drug-likeness (QED) is 0.479. The number of aromatic nitrogens is 5. The van der Waals surface area contributed by atoms with Crippen molar-refractivity contribution in [3.63, 3.8) is 0 Å². The van der Waals surface area contributed by atoms with E-state index in [4.69, 9.17) is 28.2 Å². The second kappa shape index (κ2) is 7.04. The summed E-state index contributed by atoms with van der Waals surface area (Å²) in [5.41, 5.74) is 4.81. The van der Waals surface area contributed by atoms with Crippen LogP contribution in [0.3, 0.4) is 0 Å². The standard InChI is InChI=1S/C21H20Cl2N6/c1-12-5-8-28(19-10-14(22)3-4-18(19)29-24-6-7-25-29)20(12)21-26-16-9-13(2)15(23)11-17(16)27-21/h3-4,6-7,9-12,20H,5,8H2,1-2H3,(H,26,27)/t12-,20-/m0/s1. The van der Waals surface area contributed by atoms with Crippen LogP contribution in [0.25, 0.3) is 16.7 Å². The molecule has 4 aromatic rings. The van der Waals surface area contributed by atoms with Gasteiger partial charge in [-0.25, -0.2) is 4.98 Å². The van der Waals surface area contributed by atoms with E-state index in [9.17, 15) is 0 Å². The van der Waals surface area contributed by atoms with Crippen molar-refractivity contribution in [3.8, 4) is 5.69 Å². The molecule has 0 aliphatic carbocycles. The summed E-state index contributed by atoms with van der Waals surface area (Å²) in [6, 6.07) is 9.87. The van der Waals surface area contributed by atoms with Gasteiger partial charge in [0.25, 0.3) is 0 Å². The maximum absolute atomic E-state index is 6.37. The van der Waals surface area contributed by atoms with Crippen LogP contribution in [-0.2, 0) is 0 Å². The average molecular weight is 427 g/mol. The lowest BCUT2D eigenvalue weighted by Crippen LogP contribution is -2.27. The smallest absolute Gasteiger partial charge is 0.130 e. The fraction of sp³-hybridized carbons (Fsp3) is 0.286. The molecule has 0 radical (unpaired) electrons. The van der Waals surface area contributed by atoms with E-state index in [1.165, 1.54) is 0 Å². The molecule has 0 bridgehead atoms. The van der Waals surface area contributed by atoms with Crippen molar-refractivity contribution in [2.24, 2.45) is 5.92 Å². The Labute approximate surface area is 178 Å². The molecule has 0 unspecified atom stereocenters. The van der Waals surface area contributed by atoms with Crippen LogP contribution in [0.4, 0.5) is 5.69 Å². The van der Waals surface area contributed by atoms with Crippen LogP contribution in [-0.4, -0.2) is 31.5 Å². The first-order valence-electron chi connectivity index (χ1n) is 9.60. The van der Waals surface area contributed by atoms with E-state index in [-0.39, 0.29) is 6.04 Å². The summed E-state index contributed by atoms with van der Waals surface area (Å²) in [5.74, 6) is 1.36. The molecule has 29 heavy (non-hydrogen) atoms. The van der Waals surface area contributed by atoms with Gasteiger partial charge in [-0.05, 0) is 55.2 Å². The van der Waals surface area contributed by atoms with Crippen molar-refractivity contribution in [2.45, 2.75) is 26.3 Å². The average Bonchev–Trinajstić information content (AvgIpc) is 3.42. The topological polar surface area (TPSA) is 62.6 Å². The molecule has 1 N–H and O–H groups in total. The summed E-state index contributed by atoms with van der Waals surface area (Å²) in [6.45, 7) is 5.16. The summed E-state index contributed by atoms with van der Waals surface area (Å²) in [5, 5.41) is 10.0. The SMILES string of the molecule is Cc1cc2[nH]c([C@@H]3[C@@H](C)CCN3c3cc(Cl)ccc3-n3nccn3)nc2cc1Cl. The van der Waals surface area contributed by atoms with Gasteiger partial charge in [0, 0.05) is 16.6 Å². The van der Waals surface area contributed by atoms with E-state index in [1.54, 1.807) is 17.2 Å². The van der Waals surface area contributed by atoms with Gasteiger partial charge in [-0.1, -0.05) is 30.1 Å². The van der Waals surface area contributed by atoms with Crippen LogP contribution in [0.1, 0.15) is 30.8 Å². The number of rotatable bonds is 3. The zero-order valence-corrected chi connectivity index (χ0v) is 17.6. The number of fused-ring (bicyclic) bond motifs is 1. The lowest BCUT2D eigenvalue weighted by Gasteiger charge is -2.29. The van der Waals surface area contributed by atoms with Crippen LogP contribution in [0, 0.1) is 12.8 Å². The molecule has 1 saturated heterocycles. The highest BCUT2D eigenvalue weighted by molar-refractivity contribution is 6.32. The van der Waals surface area contributed by atoms with Crippen LogP contribution >= 0.6 is 23.2 Å². The Hall–Kier alpha value is -2.57. The Kier molecular flexibility index (Phi) is 4.48. The first-order chi connectivity index (χ1) is 14.0. The van der Waals surface area contributed by atoms with E-state index in [0.717, 1.165) is 51.8 Å². The zero-order valence-electron chi connectivity index (χ0n) is 16.1. The van der Waals surface area contributed by atoms with Gasteiger partial charge in [0.2, 0.25) is 0 Å². The molecular formula is C21H20Cl2N6. The van der Waals surface area contributed by atoms with Crippen molar-refractivity contribution in [3.05, 3.63) is 64.2 Å². The van der Waals surface area contributed by atoms with Crippen molar-refractivity contribution in [1.82, 2.24) is 25.0 Å². The number of aromatic amines is 1. The minimum absolute atomic E-state index is 0.0919. The number of halogens is 2. The second-order valence-corrected chi connectivity index (χ2v) is 8.44. The van der Waals surface area contributed by atoms with Crippen molar-refractivity contribution in [2.75, 3.05) is 11.4 Å². The highest BCUT2D eigenvalue weighted by Gasteiger charge is 2.36. The fourth-order valence-electron chi connectivity index (χ4n) is 4.17. The number of nitrogens with one attached hydrogen (secondary N) is 1. The van der Waals surface area contributed by atoms with E-state index in [1.807, 2.05) is 31.2 Å². The Morgan fingerprint density at radius 3 is 2.66 bits per heavy atom. The molecule has 0 amide bonds. The van der Waals surface area contributed by atoms with Crippen LogP contribution < -0.4 is 4.90 Å². The van der Waals surface area contributed by atoms with Gasteiger partial charge in [0.1, 0.15) is 11.5 Å². The third-order valence-electron chi connectivity index (χ3n) is 5.64. The maximum Gasteiger partial charge on any atom is 0.130 e. The molecule has 3 heterocycles. The molecule has 6 nitrogen and oxygen atoms in total. The van der Waals surface area contributed by atoms with Gasteiger partial charge < -0.3 is 9.88 Å². The monoisotopic (exact) mass is 426 g/mol. The number of hydrogen-bond acceptors (Lipinski definition) is 4. The molecule has 8 heteroatoms. The largest absolute Gasteiger partial charge is 0.359 e. The summed E-state index contributed by atoms with van der Waals surface area (Å²) in [7, 11) is 0. The van der Waals surface area contributed by atoms with Crippen molar-refractivity contribution in [1.29, 1.82) is 0 Å². The van der Waals surface area contributed by atoms with Gasteiger partial charge >= 0.3 is 0 Å². The molecule has 1 aliphatic rings. The summed E-state index contributed by atoms with van der Waals surface area (Å²) < 4.78 is 0. The predicted octanol–water partition coefficient (Wildman–Crippen LogP) is 5.35. The van der Waals surface area contributed by atoms with Gasteiger partial charge in [-0.15, -0.1) is 4.80 Å². The lowest BCUT2D eigenvalue weighted by atomic mass is 10.0.